The van der Waals surface area contributed by atoms with Gasteiger partial charge in [-0.05, 0) is 24.6 Å². The molecule has 0 saturated carbocycles. The van der Waals surface area contributed by atoms with Crippen molar-refractivity contribution in [3.63, 3.8) is 0 Å². The Bertz CT molecular complexity index is 1130. The Balaban J connectivity index is 1.55. The van der Waals surface area contributed by atoms with Crippen LogP contribution in [0.3, 0.4) is 0 Å². The highest BCUT2D eigenvalue weighted by molar-refractivity contribution is 5.95. The molecule has 0 spiro atoms. The zero-order chi connectivity index (χ0) is 19.1. The number of aromatic amines is 1. The van der Waals surface area contributed by atoms with Gasteiger partial charge in [0.25, 0.3) is 0 Å². The molecular formula is C20H21N7O. The first-order valence-corrected chi connectivity index (χ1v) is 9.33. The summed E-state index contributed by atoms with van der Waals surface area (Å²) >= 11 is 0. The van der Waals surface area contributed by atoms with Gasteiger partial charge in [-0.3, -0.25) is 9.78 Å². The summed E-state index contributed by atoms with van der Waals surface area (Å²) in [6.45, 7) is 4.44. The first-order valence-electron chi connectivity index (χ1n) is 9.33. The molecule has 1 atom stereocenters. The van der Waals surface area contributed by atoms with Crippen LogP contribution in [0.5, 0.6) is 0 Å². The van der Waals surface area contributed by atoms with Crippen LogP contribution >= 0.6 is 0 Å². The van der Waals surface area contributed by atoms with Gasteiger partial charge in [-0.2, -0.15) is 10.2 Å². The summed E-state index contributed by atoms with van der Waals surface area (Å²) in [4.78, 5) is 11.2. The lowest BCUT2D eigenvalue weighted by Crippen LogP contribution is -2.41. The molecule has 142 valence electrons. The third kappa shape index (κ3) is 3.01. The molecular weight excluding hydrogens is 354 g/mol. The number of hydrogen-bond donors (Lipinski definition) is 1. The van der Waals surface area contributed by atoms with Crippen molar-refractivity contribution in [1.82, 2.24) is 29.9 Å². The summed E-state index contributed by atoms with van der Waals surface area (Å²) in [6.07, 6.45) is 5.67. The van der Waals surface area contributed by atoms with Crippen LogP contribution in [0, 0.1) is 0 Å². The van der Waals surface area contributed by atoms with Crippen molar-refractivity contribution in [1.29, 1.82) is 0 Å². The summed E-state index contributed by atoms with van der Waals surface area (Å²) in [5, 5.41) is 12.9. The number of aryl methyl sites for hydroxylation is 1. The van der Waals surface area contributed by atoms with Gasteiger partial charge >= 0.3 is 0 Å². The third-order valence-corrected chi connectivity index (χ3v) is 5.06. The molecule has 8 nitrogen and oxygen atoms in total. The number of H-pyrrole nitrogens is 1. The quantitative estimate of drug-likeness (QED) is 0.593. The highest BCUT2D eigenvalue weighted by Crippen LogP contribution is 2.30. The van der Waals surface area contributed by atoms with E-state index in [2.05, 4.69) is 49.2 Å². The maximum absolute atomic E-state index is 5.64. The Kier molecular flexibility index (Phi) is 4.05. The van der Waals surface area contributed by atoms with Crippen molar-refractivity contribution in [2.45, 2.75) is 13.0 Å². The molecule has 0 radical (unpaired) electrons. The molecule has 0 amide bonds. The predicted octanol–water partition coefficient (Wildman–Crippen LogP) is 2.65. The van der Waals surface area contributed by atoms with Gasteiger partial charge < -0.3 is 9.64 Å². The van der Waals surface area contributed by atoms with Crippen LogP contribution in [-0.4, -0.2) is 55.7 Å². The number of nitrogens with zero attached hydrogens (tertiary/aromatic N) is 6. The lowest BCUT2D eigenvalue weighted by atomic mass is 10.1. The molecule has 1 aliphatic rings. The van der Waals surface area contributed by atoms with E-state index in [-0.39, 0.29) is 6.10 Å². The molecule has 3 aromatic heterocycles. The Morgan fingerprint density at radius 2 is 2.11 bits per heavy atom. The average molecular weight is 375 g/mol. The van der Waals surface area contributed by atoms with Gasteiger partial charge in [-0.15, -0.1) is 0 Å². The second-order valence-corrected chi connectivity index (χ2v) is 7.12. The third-order valence-electron chi connectivity index (χ3n) is 5.06. The van der Waals surface area contributed by atoms with Crippen LogP contribution in [0.15, 0.2) is 43.0 Å². The minimum atomic E-state index is 0.195. The van der Waals surface area contributed by atoms with Gasteiger partial charge in [-0.1, -0.05) is 6.07 Å². The molecule has 1 N–H and O–H groups in total. The number of morpholine rings is 1. The van der Waals surface area contributed by atoms with E-state index in [1.54, 1.807) is 11.0 Å². The predicted molar refractivity (Wildman–Crippen MR) is 107 cm³/mol. The lowest BCUT2D eigenvalue weighted by molar-refractivity contribution is 0.0529. The Morgan fingerprint density at radius 1 is 1.18 bits per heavy atom. The van der Waals surface area contributed by atoms with E-state index in [1.807, 2.05) is 31.6 Å². The molecule has 1 fully saturated rings. The smallest absolute Gasteiger partial charge is 0.132 e. The fourth-order valence-corrected chi connectivity index (χ4v) is 3.64. The highest BCUT2D eigenvalue weighted by Gasteiger charge is 2.19. The van der Waals surface area contributed by atoms with E-state index in [4.69, 9.17) is 4.74 Å². The fraction of sp³-hybridized carbons (Fsp3) is 0.300. The molecule has 4 heterocycles. The summed E-state index contributed by atoms with van der Waals surface area (Å²) in [6, 6.07) is 8.25. The number of rotatable bonds is 3. The van der Waals surface area contributed by atoms with Gasteiger partial charge in [0.1, 0.15) is 17.8 Å². The minimum absolute atomic E-state index is 0.195. The van der Waals surface area contributed by atoms with Gasteiger partial charge in [0.2, 0.25) is 0 Å². The van der Waals surface area contributed by atoms with E-state index in [9.17, 15) is 0 Å². The molecule has 4 aromatic rings. The molecule has 0 aliphatic carbocycles. The molecule has 8 heteroatoms. The minimum Gasteiger partial charge on any atom is -0.375 e. The Labute approximate surface area is 162 Å². The maximum Gasteiger partial charge on any atom is 0.132 e. The summed E-state index contributed by atoms with van der Waals surface area (Å²) < 4.78 is 7.44. The van der Waals surface area contributed by atoms with Crippen molar-refractivity contribution in [2.24, 2.45) is 7.05 Å². The summed E-state index contributed by atoms with van der Waals surface area (Å²) in [7, 11) is 1.92. The number of fused-ring (bicyclic) bond motifs is 1. The normalized spacial score (nSPS) is 17.4. The fourth-order valence-electron chi connectivity index (χ4n) is 3.64. The number of nitrogens with one attached hydrogen (secondary N) is 1. The Hall–Kier alpha value is -3.26. The number of anilines is 1. The molecule has 1 aromatic carbocycles. The SMILES string of the molecule is C[C@H]1CN(c2cc(-c3n[nH]c4ccc(-c5cnn(C)c5)cc34)ncn2)CCO1. The van der Waals surface area contributed by atoms with Crippen LogP contribution in [0.1, 0.15) is 6.92 Å². The topological polar surface area (TPSA) is 84.8 Å². The summed E-state index contributed by atoms with van der Waals surface area (Å²) in [5.41, 5.74) is 4.77. The van der Waals surface area contributed by atoms with Crippen molar-refractivity contribution in [3.05, 3.63) is 43.0 Å². The monoisotopic (exact) mass is 375 g/mol. The van der Waals surface area contributed by atoms with E-state index < -0.39 is 0 Å². The molecule has 0 bridgehead atoms. The van der Waals surface area contributed by atoms with Crippen molar-refractivity contribution in [3.8, 4) is 22.5 Å². The second kappa shape index (κ2) is 6.72. The Morgan fingerprint density at radius 3 is 2.93 bits per heavy atom. The molecule has 5 rings (SSSR count). The van der Waals surface area contributed by atoms with Gasteiger partial charge in [0.05, 0.1) is 30.1 Å². The molecule has 0 unspecified atom stereocenters. The van der Waals surface area contributed by atoms with E-state index in [0.29, 0.717) is 6.61 Å². The molecule has 1 saturated heterocycles. The van der Waals surface area contributed by atoms with E-state index >= 15 is 0 Å². The average Bonchev–Trinajstić information content (AvgIpc) is 3.34. The van der Waals surface area contributed by atoms with Crippen molar-refractivity contribution < 1.29 is 4.74 Å². The summed E-state index contributed by atoms with van der Waals surface area (Å²) in [5.74, 6) is 0.903. The van der Waals surface area contributed by atoms with Gasteiger partial charge in [-0.25, -0.2) is 9.97 Å². The number of hydrogen-bond acceptors (Lipinski definition) is 6. The van der Waals surface area contributed by atoms with Gasteiger partial charge in [0.15, 0.2) is 0 Å². The zero-order valence-electron chi connectivity index (χ0n) is 15.8. The maximum atomic E-state index is 5.64. The largest absolute Gasteiger partial charge is 0.375 e. The lowest BCUT2D eigenvalue weighted by Gasteiger charge is -2.31. The van der Waals surface area contributed by atoms with Crippen LogP contribution in [-0.2, 0) is 11.8 Å². The van der Waals surface area contributed by atoms with Crippen LogP contribution < -0.4 is 4.90 Å². The molecule has 1 aliphatic heterocycles. The number of benzene rings is 1. The van der Waals surface area contributed by atoms with Gasteiger partial charge in [0, 0.05) is 43.4 Å². The van der Waals surface area contributed by atoms with Crippen LogP contribution in [0.4, 0.5) is 5.82 Å². The number of ether oxygens (including phenoxy) is 1. The van der Waals surface area contributed by atoms with Crippen molar-refractivity contribution >= 4 is 16.7 Å². The molecule has 28 heavy (non-hydrogen) atoms. The zero-order valence-corrected chi connectivity index (χ0v) is 15.8. The first kappa shape index (κ1) is 16.9. The first-order chi connectivity index (χ1) is 13.7. The van der Waals surface area contributed by atoms with Crippen LogP contribution in [0.2, 0.25) is 0 Å². The number of aromatic nitrogens is 6. The van der Waals surface area contributed by atoms with Crippen LogP contribution in [0.25, 0.3) is 33.4 Å². The second-order valence-electron chi connectivity index (χ2n) is 7.12. The van der Waals surface area contributed by atoms with E-state index in [1.165, 1.54) is 0 Å². The standard InChI is InChI=1S/C20H21N7O/c1-13-10-27(5-6-28-13)19-8-18(21-12-22-19)20-16-7-14(3-4-17(16)24-25-20)15-9-23-26(2)11-15/h3-4,7-9,11-13H,5-6,10H2,1-2H3,(H,24,25)/t13-/m0/s1. The van der Waals surface area contributed by atoms with Crippen molar-refractivity contribution in [2.75, 3.05) is 24.6 Å². The highest BCUT2D eigenvalue weighted by atomic mass is 16.5. The van der Waals surface area contributed by atoms with E-state index in [0.717, 1.165) is 52.3 Å².